The first kappa shape index (κ1) is 13.0. The second-order valence-corrected chi connectivity index (χ2v) is 3.57. The summed E-state index contributed by atoms with van der Waals surface area (Å²) in [5, 5.41) is 27.0. The Morgan fingerprint density at radius 3 is 2.59 bits per heavy atom. The molecule has 0 saturated carbocycles. The lowest BCUT2D eigenvalue weighted by Crippen LogP contribution is -2.24. The van der Waals surface area contributed by atoms with Gasteiger partial charge >= 0.3 is 0 Å². The maximum absolute atomic E-state index is 9.18. The third-order valence-corrected chi connectivity index (χ3v) is 2.55. The number of nitrogens with zero attached hydrogens (tertiary/aromatic N) is 4. The molecule has 1 rings (SSSR count). The molecule has 0 spiro atoms. The number of nitriles is 2. The van der Waals surface area contributed by atoms with Crippen LogP contribution in [-0.2, 0) is 6.42 Å². The summed E-state index contributed by atoms with van der Waals surface area (Å²) in [5.41, 5.74) is 1.57. The van der Waals surface area contributed by atoms with Gasteiger partial charge in [-0.1, -0.05) is 6.92 Å². The standard InChI is InChI=1S/C12H14N4O/c1-3-10-9(6-13)8-15-12(11(10)7-14)16(2)4-5-17/h8,17H,3-5H2,1-2H3. The van der Waals surface area contributed by atoms with Crippen LogP contribution in [0, 0.1) is 22.7 Å². The molecule has 0 aromatic carbocycles. The predicted octanol–water partition coefficient (Wildman–Crippen LogP) is 0.816. The fourth-order valence-electron chi connectivity index (χ4n) is 1.66. The molecule has 0 atom stereocenters. The average Bonchev–Trinajstić information content (AvgIpc) is 2.36. The Bertz CT molecular complexity index is 485. The van der Waals surface area contributed by atoms with Crippen molar-refractivity contribution in [3.05, 3.63) is 22.9 Å². The fourth-order valence-corrected chi connectivity index (χ4v) is 1.66. The van der Waals surface area contributed by atoms with Crippen molar-refractivity contribution in [2.24, 2.45) is 0 Å². The molecule has 1 N–H and O–H groups in total. The zero-order chi connectivity index (χ0) is 12.8. The van der Waals surface area contributed by atoms with Crippen LogP contribution in [0.5, 0.6) is 0 Å². The zero-order valence-electron chi connectivity index (χ0n) is 9.93. The molecule has 0 aliphatic rings. The molecule has 0 fully saturated rings. The molecule has 0 amide bonds. The van der Waals surface area contributed by atoms with E-state index in [4.69, 9.17) is 10.4 Å². The number of likely N-dealkylation sites (N-methyl/N-ethyl adjacent to an activating group) is 1. The summed E-state index contributed by atoms with van der Waals surface area (Å²) in [5.74, 6) is 0.511. The number of aliphatic hydroxyl groups is 1. The van der Waals surface area contributed by atoms with E-state index in [0.717, 1.165) is 0 Å². The third-order valence-electron chi connectivity index (χ3n) is 2.55. The van der Waals surface area contributed by atoms with E-state index in [-0.39, 0.29) is 6.61 Å². The van der Waals surface area contributed by atoms with Crippen LogP contribution in [0.3, 0.4) is 0 Å². The molecule has 1 aromatic heterocycles. The van der Waals surface area contributed by atoms with E-state index in [1.807, 2.05) is 13.0 Å². The van der Waals surface area contributed by atoms with Crippen molar-refractivity contribution in [1.82, 2.24) is 4.98 Å². The lowest BCUT2D eigenvalue weighted by molar-refractivity contribution is 0.304. The number of aliphatic hydroxyl groups excluding tert-OH is 1. The highest BCUT2D eigenvalue weighted by atomic mass is 16.3. The smallest absolute Gasteiger partial charge is 0.146 e. The molecule has 5 nitrogen and oxygen atoms in total. The first-order chi connectivity index (χ1) is 8.19. The van der Waals surface area contributed by atoms with Crippen LogP contribution < -0.4 is 4.90 Å². The van der Waals surface area contributed by atoms with Gasteiger partial charge in [-0.3, -0.25) is 0 Å². The van der Waals surface area contributed by atoms with Crippen LogP contribution in [0.15, 0.2) is 6.20 Å². The molecule has 0 unspecified atom stereocenters. The van der Waals surface area contributed by atoms with Gasteiger partial charge in [-0.2, -0.15) is 10.5 Å². The summed E-state index contributed by atoms with van der Waals surface area (Å²) in [4.78, 5) is 5.82. The Morgan fingerprint density at radius 2 is 2.12 bits per heavy atom. The number of aromatic nitrogens is 1. The average molecular weight is 230 g/mol. The van der Waals surface area contributed by atoms with Gasteiger partial charge in [-0.25, -0.2) is 4.98 Å². The minimum atomic E-state index is -0.00942. The minimum absolute atomic E-state index is 0.00942. The van der Waals surface area contributed by atoms with Crippen molar-refractivity contribution >= 4 is 5.82 Å². The Hall–Kier alpha value is -2.11. The Kier molecular flexibility index (Phi) is 4.45. The molecule has 1 aromatic rings. The molecule has 5 heteroatoms. The second-order valence-electron chi connectivity index (χ2n) is 3.57. The van der Waals surface area contributed by atoms with E-state index < -0.39 is 0 Å². The van der Waals surface area contributed by atoms with Gasteiger partial charge in [0.15, 0.2) is 0 Å². The molecule has 0 aliphatic heterocycles. The van der Waals surface area contributed by atoms with E-state index >= 15 is 0 Å². The predicted molar refractivity (Wildman–Crippen MR) is 63.4 cm³/mol. The normalized spacial score (nSPS) is 9.47. The Morgan fingerprint density at radius 1 is 1.41 bits per heavy atom. The molecule has 0 aliphatic carbocycles. The van der Waals surface area contributed by atoms with Crippen LogP contribution >= 0.6 is 0 Å². The van der Waals surface area contributed by atoms with Gasteiger partial charge in [0.05, 0.1) is 17.7 Å². The van der Waals surface area contributed by atoms with Crippen LogP contribution in [0.4, 0.5) is 5.82 Å². The van der Waals surface area contributed by atoms with Crippen molar-refractivity contribution in [3.8, 4) is 12.1 Å². The highest BCUT2D eigenvalue weighted by molar-refractivity contribution is 5.61. The largest absolute Gasteiger partial charge is 0.395 e. The van der Waals surface area contributed by atoms with Crippen LogP contribution in [0.2, 0.25) is 0 Å². The lowest BCUT2D eigenvalue weighted by atomic mass is 10.0. The summed E-state index contributed by atoms with van der Waals surface area (Å²) in [6, 6.07) is 4.13. The molecular formula is C12H14N4O. The quantitative estimate of drug-likeness (QED) is 0.827. The Balaban J connectivity index is 3.35. The van der Waals surface area contributed by atoms with Crippen molar-refractivity contribution in [2.75, 3.05) is 25.1 Å². The van der Waals surface area contributed by atoms with Gasteiger partial charge in [-0.05, 0) is 12.0 Å². The number of rotatable bonds is 4. The van der Waals surface area contributed by atoms with E-state index in [0.29, 0.717) is 35.5 Å². The molecule has 17 heavy (non-hydrogen) atoms. The summed E-state index contributed by atoms with van der Waals surface area (Å²) in [6.45, 7) is 2.29. The van der Waals surface area contributed by atoms with E-state index in [1.165, 1.54) is 6.20 Å². The SMILES string of the molecule is CCc1c(C#N)cnc(N(C)CCO)c1C#N. The molecule has 1 heterocycles. The monoisotopic (exact) mass is 230 g/mol. The van der Waals surface area contributed by atoms with Crippen LogP contribution in [0.25, 0.3) is 0 Å². The van der Waals surface area contributed by atoms with Gasteiger partial charge in [0.2, 0.25) is 0 Å². The van der Waals surface area contributed by atoms with Crippen molar-refractivity contribution in [1.29, 1.82) is 10.5 Å². The van der Waals surface area contributed by atoms with Gasteiger partial charge < -0.3 is 10.0 Å². The molecule has 0 radical (unpaired) electrons. The fraction of sp³-hybridized carbons (Fsp3) is 0.417. The number of hydrogen-bond donors (Lipinski definition) is 1. The number of pyridine rings is 1. The summed E-state index contributed by atoms with van der Waals surface area (Å²) in [7, 11) is 1.75. The molecule has 0 saturated heterocycles. The first-order valence-corrected chi connectivity index (χ1v) is 5.33. The minimum Gasteiger partial charge on any atom is -0.395 e. The van der Waals surface area contributed by atoms with Gasteiger partial charge in [-0.15, -0.1) is 0 Å². The van der Waals surface area contributed by atoms with Crippen molar-refractivity contribution < 1.29 is 5.11 Å². The molecule has 0 bridgehead atoms. The van der Waals surface area contributed by atoms with E-state index in [1.54, 1.807) is 11.9 Å². The maximum Gasteiger partial charge on any atom is 0.146 e. The zero-order valence-corrected chi connectivity index (χ0v) is 9.93. The topological polar surface area (TPSA) is 83.9 Å². The van der Waals surface area contributed by atoms with Crippen LogP contribution in [-0.4, -0.2) is 30.3 Å². The Labute approximate surface area is 101 Å². The van der Waals surface area contributed by atoms with E-state index in [2.05, 4.69) is 11.1 Å². The third kappa shape index (κ3) is 2.52. The molecule has 88 valence electrons. The highest BCUT2D eigenvalue weighted by Crippen LogP contribution is 2.22. The number of hydrogen-bond acceptors (Lipinski definition) is 5. The first-order valence-electron chi connectivity index (χ1n) is 5.33. The lowest BCUT2D eigenvalue weighted by Gasteiger charge is -2.19. The summed E-state index contributed by atoms with van der Waals surface area (Å²) < 4.78 is 0. The van der Waals surface area contributed by atoms with Crippen molar-refractivity contribution in [3.63, 3.8) is 0 Å². The van der Waals surface area contributed by atoms with Gasteiger partial charge in [0.1, 0.15) is 18.0 Å². The van der Waals surface area contributed by atoms with Gasteiger partial charge in [0.25, 0.3) is 0 Å². The summed E-state index contributed by atoms with van der Waals surface area (Å²) in [6.07, 6.45) is 2.08. The van der Waals surface area contributed by atoms with Gasteiger partial charge in [0, 0.05) is 19.8 Å². The maximum atomic E-state index is 9.18. The van der Waals surface area contributed by atoms with Crippen molar-refractivity contribution in [2.45, 2.75) is 13.3 Å². The van der Waals surface area contributed by atoms with Crippen LogP contribution in [0.1, 0.15) is 23.6 Å². The molecular weight excluding hydrogens is 216 g/mol. The highest BCUT2D eigenvalue weighted by Gasteiger charge is 2.15. The number of anilines is 1. The van der Waals surface area contributed by atoms with E-state index in [9.17, 15) is 5.26 Å². The second kappa shape index (κ2) is 5.83. The summed E-state index contributed by atoms with van der Waals surface area (Å²) >= 11 is 0.